The standard InChI is InChI=1S/C11H15ClFN/c1-7(2)8(3)14-11-5-4-9(13)6-10(11)12/h4-8,14H,1-3H3. The van der Waals surface area contributed by atoms with Crippen LogP contribution in [0.15, 0.2) is 18.2 Å². The Morgan fingerprint density at radius 3 is 2.43 bits per heavy atom. The van der Waals surface area contributed by atoms with Crippen LogP contribution in [0.1, 0.15) is 20.8 Å². The molecule has 0 bridgehead atoms. The molecule has 0 heterocycles. The van der Waals surface area contributed by atoms with Crippen molar-refractivity contribution < 1.29 is 4.39 Å². The average Bonchev–Trinajstić information content (AvgIpc) is 2.09. The molecular formula is C11H15ClFN. The molecule has 0 radical (unpaired) electrons. The minimum Gasteiger partial charge on any atom is -0.381 e. The van der Waals surface area contributed by atoms with Crippen LogP contribution in [0.3, 0.4) is 0 Å². The highest BCUT2D eigenvalue weighted by Crippen LogP contribution is 2.24. The molecular weight excluding hydrogens is 201 g/mol. The molecule has 0 amide bonds. The van der Waals surface area contributed by atoms with E-state index in [0.29, 0.717) is 17.0 Å². The van der Waals surface area contributed by atoms with E-state index in [-0.39, 0.29) is 5.82 Å². The van der Waals surface area contributed by atoms with Crippen LogP contribution in [0.4, 0.5) is 10.1 Å². The molecule has 0 aliphatic carbocycles. The smallest absolute Gasteiger partial charge is 0.124 e. The fourth-order valence-electron chi connectivity index (χ4n) is 1.02. The van der Waals surface area contributed by atoms with Crippen molar-refractivity contribution in [3.05, 3.63) is 29.0 Å². The summed E-state index contributed by atoms with van der Waals surface area (Å²) in [6.07, 6.45) is 0. The van der Waals surface area contributed by atoms with Crippen LogP contribution in [-0.4, -0.2) is 6.04 Å². The number of benzene rings is 1. The SMILES string of the molecule is CC(C)C(C)Nc1ccc(F)cc1Cl. The molecule has 0 saturated carbocycles. The predicted octanol–water partition coefficient (Wildman–Crippen LogP) is 3.94. The van der Waals surface area contributed by atoms with Crippen molar-refractivity contribution in [2.24, 2.45) is 5.92 Å². The second kappa shape index (κ2) is 4.65. The summed E-state index contributed by atoms with van der Waals surface area (Å²) in [7, 11) is 0. The molecule has 1 N–H and O–H groups in total. The maximum absolute atomic E-state index is 12.7. The van der Waals surface area contributed by atoms with Gasteiger partial charge < -0.3 is 5.32 Å². The minimum atomic E-state index is -0.308. The molecule has 0 spiro atoms. The zero-order valence-electron chi connectivity index (χ0n) is 8.64. The zero-order chi connectivity index (χ0) is 10.7. The van der Waals surface area contributed by atoms with Crippen LogP contribution in [0.2, 0.25) is 5.02 Å². The molecule has 1 unspecified atom stereocenters. The Kier molecular flexibility index (Phi) is 3.76. The molecule has 3 heteroatoms. The molecule has 1 nitrogen and oxygen atoms in total. The first kappa shape index (κ1) is 11.3. The normalized spacial score (nSPS) is 13.0. The van der Waals surface area contributed by atoms with E-state index < -0.39 is 0 Å². The van der Waals surface area contributed by atoms with Crippen LogP contribution in [-0.2, 0) is 0 Å². The molecule has 1 aromatic rings. The van der Waals surface area contributed by atoms with Crippen molar-refractivity contribution in [3.8, 4) is 0 Å². The minimum absolute atomic E-state index is 0.308. The maximum Gasteiger partial charge on any atom is 0.124 e. The van der Waals surface area contributed by atoms with Gasteiger partial charge in [-0.3, -0.25) is 0 Å². The van der Waals surface area contributed by atoms with Gasteiger partial charge in [0.1, 0.15) is 5.82 Å². The maximum atomic E-state index is 12.7. The molecule has 1 rings (SSSR count). The monoisotopic (exact) mass is 215 g/mol. The Hall–Kier alpha value is -0.760. The van der Waals surface area contributed by atoms with E-state index in [1.165, 1.54) is 12.1 Å². The summed E-state index contributed by atoms with van der Waals surface area (Å²) in [6, 6.07) is 4.70. The quantitative estimate of drug-likeness (QED) is 0.806. The van der Waals surface area contributed by atoms with Gasteiger partial charge in [-0.05, 0) is 31.0 Å². The lowest BCUT2D eigenvalue weighted by Crippen LogP contribution is -2.21. The number of hydrogen-bond donors (Lipinski definition) is 1. The van der Waals surface area contributed by atoms with Gasteiger partial charge in [-0.15, -0.1) is 0 Å². The van der Waals surface area contributed by atoms with Gasteiger partial charge in [0.2, 0.25) is 0 Å². The van der Waals surface area contributed by atoms with Crippen molar-refractivity contribution in [3.63, 3.8) is 0 Å². The summed E-state index contributed by atoms with van der Waals surface area (Å²) < 4.78 is 12.7. The fourth-order valence-corrected chi connectivity index (χ4v) is 1.24. The third-order valence-corrected chi connectivity index (χ3v) is 2.63. The van der Waals surface area contributed by atoms with Crippen LogP contribution in [0.5, 0.6) is 0 Å². The van der Waals surface area contributed by atoms with Gasteiger partial charge in [0.25, 0.3) is 0 Å². The van der Waals surface area contributed by atoms with E-state index in [2.05, 4.69) is 26.1 Å². The van der Waals surface area contributed by atoms with Crippen LogP contribution >= 0.6 is 11.6 Å². The Labute approximate surface area is 89.3 Å². The highest BCUT2D eigenvalue weighted by atomic mass is 35.5. The summed E-state index contributed by atoms with van der Waals surface area (Å²) in [5, 5.41) is 3.67. The van der Waals surface area contributed by atoms with E-state index in [1.54, 1.807) is 6.07 Å². The Bertz CT molecular complexity index is 312. The highest BCUT2D eigenvalue weighted by molar-refractivity contribution is 6.33. The number of halogens is 2. The third-order valence-electron chi connectivity index (χ3n) is 2.31. The van der Waals surface area contributed by atoms with Crippen molar-refractivity contribution >= 4 is 17.3 Å². The van der Waals surface area contributed by atoms with E-state index in [4.69, 9.17) is 11.6 Å². The van der Waals surface area contributed by atoms with Gasteiger partial charge in [-0.2, -0.15) is 0 Å². The van der Waals surface area contributed by atoms with Crippen LogP contribution in [0.25, 0.3) is 0 Å². The van der Waals surface area contributed by atoms with Crippen LogP contribution in [0, 0.1) is 11.7 Å². The fraction of sp³-hybridized carbons (Fsp3) is 0.455. The summed E-state index contributed by atoms with van der Waals surface area (Å²) in [5.41, 5.74) is 0.786. The molecule has 1 atom stereocenters. The van der Waals surface area contributed by atoms with Gasteiger partial charge in [-0.25, -0.2) is 4.39 Å². The van der Waals surface area contributed by atoms with E-state index in [0.717, 1.165) is 5.69 Å². The number of nitrogens with one attached hydrogen (secondary N) is 1. The molecule has 0 saturated heterocycles. The van der Waals surface area contributed by atoms with Gasteiger partial charge in [0.05, 0.1) is 10.7 Å². The third kappa shape index (κ3) is 2.88. The summed E-state index contributed by atoms with van der Waals surface area (Å²) >= 11 is 5.88. The second-order valence-electron chi connectivity index (χ2n) is 3.80. The summed E-state index contributed by atoms with van der Waals surface area (Å²) in [5.74, 6) is 0.203. The van der Waals surface area contributed by atoms with Crippen molar-refractivity contribution in [2.45, 2.75) is 26.8 Å². The predicted molar refractivity (Wildman–Crippen MR) is 59.3 cm³/mol. The lowest BCUT2D eigenvalue weighted by molar-refractivity contribution is 0.559. The number of anilines is 1. The molecule has 0 aromatic heterocycles. The first-order valence-corrected chi connectivity index (χ1v) is 5.10. The van der Waals surface area contributed by atoms with Gasteiger partial charge in [0.15, 0.2) is 0 Å². The average molecular weight is 216 g/mol. The van der Waals surface area contributed by atoms with E-state index in [9.17, 15) is 4.39 Å². The van der Waals surface area contributed by atoms with E-state index in [1.807, 2.05) is 0 Å². The lowest BCUT2D eigenvalue weighted by Gasteiger charge is -2.19. The van der Waals surface area contributed by atoms with E-state index >= 15 is 0 Å². The molecule has 0 aliphatic rings. The zero-order valence-corrected chi connectivity index (χ0v) is 9.40. The largest absolute Gasteiger partial charge is 0.381 e. The number of hydrogen-bond acceptors (Lipinski definition) is 1. The first-order valence-electron chi connectivity index (χ1n) is 4.72. The first-order chi connectivity index (χ1) is 6.50. The topological polar surface area (TPSA) is 12.0 Å². The van der Waals surface area contributed by atoms with Gasteiger partial charge >= 0.3 is 0 Å². The summed E-state index contributed by atoms with van der Waals surface area (Å²) in [6.45, 7) is 6.31. The Balaban J connectivity index is 2.77. The lowest BCUT2D eigenvalue weighted by atomic mass is 10.1. The van der Waals surface area contributed by atoms with Crippen molar-refractivity contribution in [2.75, 3.05) is 5.32 Å². The molecule has 1 aromatic carbocycles. The van der Waals surface area contributed by atoms with Gasteiger partial charge in [0, 0.05) is 6.04 Å². The molecule has 0 fully saturated rings. The molecule has 14 heavy (non-hydrogen) atoms. The van der Waals surface area contributed by atoms with Crippen LogP contribution < -0.4 is 5.32 Å². The van der Waals surface area contributed by atoms with Crippen molar-refractivity contribution in [1.29, 1.82) is 0 Å². The molecule has 78 valence electrons. The highest BCUT2D eigenvalue weighted by Gasteiger charge is 2.08. The summed E-state index contributed by atoms with van der Waals surface area (Å²) in [4.78, 5) is 0. The Morgan fingerprint density at radius 1 is 1.29 bits per heavy atom. The van der Waals surface area contributed by atoms with Crippen molar-refractivity contribution in [1.82, 2.24) is 0 Å². The Morgan fingerprint density at radius 2 is 1.93 bits per heavy atom. The second-order valence-corrected chi connectivity index (χ2v) is 4.21. The number of rotatable bonds is 3. The van der Waals surface area contributed by atoms with Gasteiger partial charge in [-0.1, -0.05) is 25.4 Å². The molecule has 0 aliphatic heterocycles.